The highest BCUT2D eigenvalue weighted by molar-refractivity contribution is 5.94. The molecule has 110 valence electrons. The van der Waals surface area contributed by atoms with Crippen molar-refractivity contribution in [3.8, 4) is 0 Å². The molecule has 1 amide bonds. The van der Waals surface area contributed by atoms with Crippen molar-refractivity contribution in [3.63, 3.8) is 0 Å². The molecule has 1 aromatic rings. The molecule has 1 aromatic carbocycles. The van der Waals surface area contributed by atoms with Gasteiger partial charge in [0, 0.05) is 43.5 Å². The van der Waals surface area contributed by atoms with Gasteiger partial charge in [0.1, 0.15) is 0 Å². The van der Waals surface area contributed by atoms with Crippen LogP contribution < -0.4 is 15.5 Å². The molecule has 0 saturated carbocycles. The Kier molecular flexibility index (Phi) is 4.65. The molecule has 3 unspecified atom stereocenters. The van der Waals surface area contributed by atoms with Crippen LogP contribution in [0.2, 0.25) is 0 Å². The molecular formula is C16H25N3O. The summed E-state index contributed by atoms with van der Waals surface area (Å²) in [6.07, 6.45) is 2.14. The Morgan fingerprint density at radius 3 is 2.40 bits per heavy atom. The first-order valence-corrected chi connectivity index (χ1v) is 7.31. The van der Waals surface area contributed by atoms with Crippen LogP contribution in [0.3, 0.4) is 0 Å². The van der Waals surface area contributed by atoms with E-state index in [4.69, 9.17) is 0 Å². The maximum Gasteiger partial charge on any atom is 0.251 e. The Morgan fingerprint density at radius 1 is 1.20 bits per heavy atom. The monoisotopic (exact) mass is 275 g/mol. The van der Waals surface area contributed by atoms with Crippen molar-refractivity contribution in [3.05, 3.63) is 29.8 Å². The minimum atomic E-state index is 0.0171. The van der Waals surface area contributed by atoms with Gasteiger partial charge in [-0.15, -0.1) is 0 Å². The first kappa shape index (κ1) is 14.9. The van der Waals surface area contributed by atoms with Crippen molar-refractivity contribution < 1.29 is 4.79 Å². The maximum atomic E-state index is 12.3. The summed E-state index contributed by atoms with van der Waals surface area (Å²) in [7, 11) is 3.98. The lowest BCUT2D eigenvalue weighted by atomic mass is 9.95. The molecule has 1 aliphatic heterocycles. The molecule has 1 heterocycles. The Hall–Kier alpha value is -1.55. The molecule has 4 nitrogen and oxygen atoms in total. The SMILES string of the molecule is CC1CCC(NC(=O)c2ccc(N(C)C)cc2)C(C)N1. The van der Waals surface area contributed by atoms with Crippen LogP contribution in [0.1, 0.15) is 37.0 Å². The van der Waals surface area contributed by atoms with E-state index >= 15 is 0 Å². The third kappa shape index (κ3) is 3.51. The lowest BCUT2D eigenvalue weighted by Gasteiger charge is -2.34. The second-order valence-electron chi connectivity index (χ2n) is 5.95. The first-order valence-electron chi connectivity index (χ1n) is 7.31. The molecule has 3 atom stereocenters. The van der Waals surface area contributed by atoms with Gasteiger partial charge in [-0.1, -0.05) is 0 Å². The molecule has 4 heteroatoms. The average Bonchev–Trinajstić information content (AvgIpc) is 2.42. The van der Waals surface area contributed by atoms with E-state index in [2.05, 4.69) is 24.5 Å². The fourth-order valence-corrected chi connectivity index (χ4v) is 2.69. The molecular weight excluding hydrogens is 250 g/mol. The Bertz CT molecular complexity index is 455. The maximum absolute atomic E-state index is 12.3. The third-order valence-corrected chi connectivity index (χ3v) is 4.02. The van der Waals surface area contributed by atoms with Crippen LogP contribution in [0.15, 0.2) is 24.3 Å². The van der Waals surface area contributed by atoms with Gasteiger partial charge in [0.2, 0.25) is 0 Å². The summed E-state index contributed by atoms with van der Waals surface area (Å²) < 4.78 is 0. The quantitative estimate of drug-likeness (QED) is 0.887. The van der Waals surface area contributed by atoms with Crippen molar-refractivity contribution in [1.82, 2.24) is 10.6 Å². The van der Waals surface area contributed by atoms with Gasteiger partial charge in [0.25, 0.3) is 5.91 Å². The van der Waals surface area contributed by atoms with E-state index in [1.165, 1.54) is 0 Å². The first-order chi connectivity index (χ1) is 9.47. The fraction of sp³-hybridized carbons (Fsp3) is 0.562. The van der Waals surface area contributed by atoms with Crippen molar-refractivity contribution in [2.75, 3.05) is 19.0 Å². The topological polar surface area (TPSA) is 44.4 Å². The number of amides is 1. The molecule has 0 spiro atoms. The molecule has 1 aliphatic rings. The lowest BCUT2D eigenvalue weighted by Crippen LogP contribution is -2.54. The highest BCUT2D eigenvalue weighted by atomic mass is 16.1. The summed E-state index contributed by atoms with van der Waals surface area (Å²) >= 11 is 0. The van der Waals surface area contributed by atoms with Crippen LogP contribution in [-0.4, -0.2) is 38.1 Å². The second kappa shape index (κ2) is 6.27. The summed E-state index contributed by atoms with van der Waals surface area (Å²) in [5.74, 6) is 0.0171. The predicted octanol–water partition coefficient (Wildman–Crippen LogP) is 2.01. The number of nitrogens with one attached hydrogen (secondary N) is 2. The zero-order chi connectivity index (χ0) is 14.7. The van der Waals surface area contributed by atoms with E-state index in [1.54, 1.807) is 0 Å². The number of hydrogen-bond donors (Lipinski definition) is 2. The van der Waals surface area contributed by atoms with Gasteiger partial charge in [-0.2, -0.15) is 0 Å². The summed E-state index contributed by atoms with van der Waals surface area (Å²) in [4.78, 5) is 14.3. The highest BCUT2D eigenvalue weighted by Gasteiger charge is 2.26. The van der Waals surface area contributed by atoms with E-state index in [0.29, 0.717) is 12.1 Å². The number of anilines is 1. The van der Waals surface area contributed by atoms with Crippen LogP contribution in [0.25, 0.3) is 0 Å². The number of hydrogen-bond acceptors (Lipinski definition) is 3. The summed E-state index contributed by atoms with van der Waals surface area (Å²) in [6.45, 7) is 4.32. The normalized spacial score (nSPS) is 26.1. The van der Waals surface area contributed by atoms with Gasteiger partial charge >= 0.3 is 0 Å². The Balaban J connectivity index is 1.97. The summed E-state index contributed by atoms with van der Waals surface area (Å²) in [5, 5.41) is 6.63. The number of rotatable bonds is 3. The molecule has 2 N–H and O–H groups in total. The number of carbonyl (C=O) groups excluding carboxylic acids is 1. The van der Waals surface area contributed by atoms with Gasteiger partial charge in [0.15, 0.2) is 0 Å². The largest absolute Gasteiger partial charge is 0.378 e. The molecule has 0 aliphatic carbocycles. The van der Waals surface area contributed by atoms with E-state index in [9.17, 15) is 4.79 Å². The fourth-order valence-electron chi connectivity index (χ4n) is 2.69. The van der Waals surface area contributed by atoms with Gasteiger partial charge in [-0.3, -0.25) is 4.79 Å². The molecule has 1 saturated heterocycles. The molecule has 1 fully saturated rings. The van der Waals surface area contributed by atoms with Crippen LogP contribution in [0.5, 0.6) is 0 Å². The van der Waals surface area contributed by atoms with Crippen molar-refractivity contribution in [2.45, 2.75) is 44.8 Å². The van der Waals surface area contributed by atoms with Crippen LogP contribution in [0.4, 0.5) is 5.69 Å². The van der Waals surface area contributed by atoms with E-state index in [0.717, 1.165) is 24.1 Å². The smallest absolute Gasteiger partial charge is 0.251 e. The summed E-state index contributed by atoms with van der Waals surface area (Å²) in [5.41, 5.74) is 1.82. The number of piperidine rings is 1. The predicted molar refractivity (Wildman–Crippen MR) is 83.3 cm³/mol. The zero-order valence-corrected chi connectivity index (χ0v) is 12.8. The number of carbonyl (C=O) groups is 1. The van der Waals surface area contributed by atoms with E-state index in [-0.39, 0.29) is 11.9 Å². The van der Waals surface area contributed by atoms with Gasteiger partial charge in [-0.05, 0) is 51.0 Å². The Morgan fingerprint density at radius 2 is 1.85 bits per heavy atom. The van der Waals surface area contributed by atoms with Crippen LogP contribution >= 0.6 is 0 Å². The molecule has 2 rings (SSSR count). The molecule has 0 aromatic heterocycles. The number of nitrogens with zero attached hydrogens (tertiary/aromatic N) is 1. The van der Waals surface area contributed by atoms with Gasteiger partial charge in [-0.25, -0.2) is 0 Å². The van der Waals surface area contributed by atoms with E-state index in [1.807, 2.05) is 43.3 Å². The lowest BCUT2D eigenvalue weighted by molar-refractivity contribution is 0.0914. The summed E-state index contributed by atoms with van der Waals surface area (Å²) in [6, 6.07) is 8.79. The van der Waals surface area contributed by atoms with Crippen molar-refractivity contribution in [2.24, 2.45) is 0 Å². The minimum absolute atomic E-state index is 0.0171. The Labute approximate surface area is 121 Å². The minimum Gasteiger partial charge on any atom is -0.378 e. The van der Waals surface area contributed by atoms with Crippen molar-refractivity contribution in [1.29, 1.82) is 0 Å². The molecule has 20 heavy (non-hydrogen) atoms. The molecule has 0 bridgehead atoms. The van der Waals surface area contributed by atoms with Gasteiger partial charge in [0.05, 0.1) is 0 Å². The van der Waals surface area contributed by atoms with E-state index < -0.39 is 0 Å². The highest BCUT2D eigenvalue weighted by Crippen LogP contribution is 2.15. The average molecular weight is 275 g/mol. The second-order valence-corrected chi connectivity index (χ2v) is 5.95. The standard InChI is InChI=1S/C16H25N3O/c1-11-5-10-15(12(2)17-11)18-16(20)13-6-8-14(9-7-13)19(3)4/h6-9,11-12,15,17H,5,10H2,1-4H3,(H,18,20). The molecule has 0 radical (unpaired) electrons. The van der Waals surface area contributed by atoms with Crippen LogP contribution in [0, 0.1) is 0 Å². The zero-order valence-electron chi connectivity index (χ0n) is 12.8. The van der Waals surface area contributed by atoms with Gasteiger partial charge < -0.3 is 15.5 Å². The number of benzene rings is 1. The third-order valence-electron chi connectivity index (χ3n) is 4.02. The van der Waals surface area contributed by atoms with Crippen molar-refractivity contribution >= 4 is 11.6 Å². The van der Waals surface area contributed by atoms with Crippen LogP contribution in [-0.2, 0) is 0 Å².